The summed E-state index contributed by atoms with van der Waals surface area (Å²) in [6.45, 7) is 7.97. The van der Waals surface area contributed by atoms with Gasteiger partial charge in [0.2, 0.25) is 0 Å². The molecule has 0 aliphatic carbocycles. The van der Waals surface area contributed by atoms with Crippen molar-refractivity contribution >= 4 is 16.9 Å². The number of anilines is 1. The van der Waals surface area contributed by atoms with Crippen molar-refractivity contribution in [2.75, 3.05) is 38.1 Å². The molecule has 35 heavy (non-hydrogen) atoms. The predicted octanol–water partition coefficient (Wildman–Crippen LogP) is 2.80. The molecule has 1 aliphatic rings. The topological polar surface area (TPSA) is 79.4 Å². The van der Waals surface area contributed by atoms with Crippen LogP contribution in [-0.2, 0) is 18.6 Å². The number of imidazole rings is 1. The average molecular weight is 473 g/mol. The van der Waals surface area contributed by atoms with E-state index in [0.717, 1.165) is 54.3 Å². The van der Waals surface area contributed by atoms with Crippen molar-refractivity contribution in [3.05, 3.63) is 82.7 Å². The Hall–Kier alpha value is -3.49. The molecule has 0 bridgehead atoms. The van der Waals surface area contributed by atoms with E-state index in [1.165, 1.54) is 0 Å². The minimum atomic E-state index is -0.941. The first-order chi connectivity index (χ1) is 16.8. The molecule has 8 nitrogen and oxygen atoms in total. The van der Waals surface area contributed by atoms with E-state index < -0.39 is 5.60 Å². The Morgan fingerprint density at radius 1 is 0.943 bits per heavy atom. The predicted molar refractivity (Wildman–Crippen MR) is 138 cm³/mol. The Kier molecular flexibility index (Phi) is 6.17. The Balaban J connectivity index is 1.47. The summed E-state index contributed by atoms with van der Waals surface area (Å²) in [4.78, 5) is 27.6. The van der Waals surface area contributed by atoms with Crippen LogP contribution >= 0.6 is 0 Å². The molecule has 5 rings (SSSR count). The maximum atomic E-state index is 13.6. The molecule has 0 unspecified atom stereocenters. The first-order valence-electron chi connectivity index (χ1n) is 12.1. The zero-order valence-electron chi connectivity index (χ0n) is 20.6. The lowest BCUT2D eigenvalue weighted by atomic mass is 9.98. The molecule has 0 spiro atoms. The fraction of sp³-hybridized carbons (Fsp3) is 0.370. The van der Waals surface area contributed by atoms with Gasteiger partial charge < -0.3 is 14.9 Å². The Morgan fingerprint density at radius 2 is 1.63 bits per heavy atom. The summed E-state index contributed by atoms with van der Waals surface area (Å²) in [7, 11) is 2.15. The van der Waals surface area contributed by atoms with Crippen LogP contribution in [0.25, 0.3) is 16.9 Å². The zero-order valence-corrected chi connectivity index (χ0v) is 20.6. The lowest BCUT2D eigenvalue weighted by molar-refractivity contribution is 0.0786. The highest BCUT2D eigenvalue weighted by Gasteiger charge is 2.20. The Morgan fingerprint density at radius 3 is 2.34 bits per heavy atom. The number of nitrogens with zero attached hydrogens (tertiary/aromatic N) is 6. The molecule has 1 saturated heterocycles. The van der Waals surface area contributed by atoms with Gasteiger partial charge in [0.15, 0.2) is 5.65 Å². The maximum Gasteiger partial charge on any atom is 0.334 e. The number of aliphatic hydroxyl groups is 1. The first-order valence-corrected chi connectivity index (χ1v) is 12.1. The monoisotopic (exact) mass is 472 g/mol. The van der Waals surface area contributed by atoms with Crippen molar-refractivity contribution in [3.63, 3.8) is 0 Å². The molecule has 8 heteroatoms. The summed E-state index contributed by atoms with van der Waals surface area (Å²) in [6.07, 6.45) is 4.18. The van der Waals surface area contributed by atoms with Crippen LogP contribution in [0.15, 0.2) is 65.7 Å². The molecule has 1 N–H and O–H groups in total. The number of likely N-dealkylation sites (N-methyl/N-ethyl adjacent to an activating group) is 1. The largest absolute Gasteiger partial charge is 0.386 e. The van der Waals surface area contributed by atoms with Crippen LogP contribution in [0.1, 0.15) is 25.1 Å². The third kappa shape index (κ3) is 4.59. The van der Waals surface area contributed by atoms with E-state index in [-0.39, 0.29) is 5.69 Å². The zero-order chi connectivity index (χ0) is 24.6. The molecule has 3 aromatic heterocycles. The quantitative estimate of drug-likeness (QED) is 0.465. The maximum absolute atomic E-state index is 13.6. The van der Waals surface area contributed by atoms with Crippen LogP contribution in [-0.4, -0.2) is 62.3 Å². The van der Waals surface area contributed by atoms with Crippen LogP contribution in [0, 0.1) is 0 Å². The highest BCUT2D eigenvalue weighted by atomic mass is 16.3. The smallest absolute Gasteiger partial charge is 0.334 e. The van der Waals surface area contributed by atoms with Crippen molar-refractivity contribution in [2.24, 2.45) is 0 Å². The Labute approximate surface area is 205 Å². The molecule has 182 valence electrons. The molecule has 0 saturated carbocycles. The third-order valence-corrected chi connectivity index (χ3v) is 6.80. The van der Waals surface area contributed by atoms with E-state index in [2.05, 4.69) is 32.9 Å². The highest BCUT2D eigenvalue weighted by Crippen LogP contribution is 2.24. The van der Waals surface area contributed by atoms with Crippen LogP contribution in [0.4, 0.5) is 5.69 Å². The summed E-state index contributed by atoms with van der Waals surface area (Å²) in [6, 6.07) is 15.3. The van der Waals surface area contributed by atoms with Crippen LogP contribution in [0.5, 0.6) is 0 Å². The minimum absolute atomic E-state index is 0.133. The van der Waals surface area contributed by atoms with E-state index >= 15 is 0 Å². The van der Waals surface area contributed by atoms with E-state index in [9.17, 15) is 9.90 Å². The second-order valence-corrected chi connectivity index (χ2v) is 9.73. The lowest BCUT2D eigenvalue weighted by Gasteiger charge is -2.34. The normalized spacial score (nSPS) is 15.1. The number of aryl methyl sites for hydroxylation is 2. The van der Waals surface area contributed by atoms with Crippen LogP contribution in [0.3, 0.4) is 0 Å². The minimum Gasteiger partial charge on any atom is -0.386 e. The van der Waals surface area contributed by atoms with E-state index in [0.29, 0.717) is 18.6 Å². The summed E-state index contributed by atoms with van der Waals surface area (Å²) in [5, 5.41) is 10.3. The van der Waals surface area contributed by atoms with Crippen molar-refractivity contribution < 1.29 is 5.11 Å². The van der Waals surface area contributed by atoms with Gasteiger partial charge >= 0.3 is 5.69 Å². The molecular formula is C27H32N6O2. The molecule has 0 amide bonds. The fourth-order valence-corrected chi connectivity index (χ4v) is 4.73. The molecule has 1 fully saturated rings. The molecular weight excluding hydrogens is 440 g/mol. The van der Waals surface area contributed by atoms with Gasteiger partial charge in [-0.25, -0.2) is 9.78 Å². The summed E-state index contributed by atoms with van der Waals surface area (Å²) in [5.41, 5.74) is 4.02. The van der Waals surface area contributed by atoms with Crippen molar-refractivity contribution in [3.8, 4) is 5.69 Å². The number of pyridine rings is 2. The Bertz CT molecular complexity index is 1380. The number of aromatic nitrogens is 4. The van der Waals surface area contributed by atoms with E-state index in [4.69, 9.17) is 0 Å². The lowest BCUT2D eigenvalue weighted by Crippen LogP contribution is -2.44. The van der Waals surface area contributed by atoms with Gasteiger partial charge in [-0.05, 0) is 62.9 Å². The molecule has 4 aromatic rings. The summed E-state index contributed by atoms with van der Waals surface area (Å²) >= 11 is 0. The number of rotatable bonds is 6. The number of fused-ring (bicyclic) bond motifs is 1. The molecule has 0 atom stereocenters. The summed E-state index contributed by atoms with van der Waals surface area (Å²) in [5.74, 6) is 0. The van der Waals surface area contributed by atoms with E-state index in [1.807, 2.05) is 48.7 Å². The molecule has 0 radical (unpaired) electrons. The van der Waals surface area contributed by atoms with Gasteiger partial charge in [-0.15, -0.1) is 0 Å². The van der Waals surface area contributed by atoms with Gasteiger partial charge in [0, 0.05) is 51.5 Å². The van der Waals surface area contributed by atoms with Gasteiger partial charge in [0.1, 0.15) is 0 Å². The second kappa shape index (κ2) is 9.28. The van der Waals surface area contributed by atoms with E-state index in [1.54, 1.807) is 29.2 Å². The number of piperazine rings is 1. The van der Waals surface area contributed by atoms with Crippen molar-refractivity contribution in [1.29, 1.82) is 0 Å². The number of hydrogen-bond acceptors (Lipinski definition) is 6. The summed E-state index contributed by atoms with van der Waals surface area (Å²) < 4.78 is 3.43. The standard InChI is InChI=1S/C27H32N6O2/c1-27(2,35)20-8-10-21(11-9-20)33-24-7-5-14-29-25(24)32(26(33)34)15-12-22-23(6-4-13-28-22)31-18-16-30(3)17-19-31/h4-11,13-14,35H,12,15-19H2,1-3H3. The van der Waals surface area contributed by atoms with Crippen molar-refractivity contribution in [1.82, 2.24) is 24.0 Å². The molecule has 4 heterocycles. The van der Waals surface area contributed by atoms with Crippen LogP contribution in [0.2, 0.25) is 0 Å². The molecule has 1 aromatic carbocycles. The first kappa shape index (κ1) is 23.3. The second-order valence-electron chi connectivity index (χ2n) is 9.73. The third-order valence-electron chi connectivity index (χ3n) is 6.80. The highest BCUT2D eigenvalue weighted by molar-refractivity contribution is 5.74. The van der Waals surface area contributed by atoms with Gasteiger partial charge in [-0.2, -0.15) is 0 Å². The van der Waals surface area contributed by atoms with Crippen molar-refractivity contribution in [2.45, 2.75) is 32.4 Å². The SMILES string of the molecule is CN1CCN(c2cccnc2CCn2c(=O)n(-c3ccc(C(C)(C)O)cc3)c3cccnc32)CC1. The fourth-order valence-electron chi connectivity index (χ4n) is 4.73. The average Bonchev–Trinajstić information content (AvgIpc) is 3.14. The molecule has 1 aliphatic heterocycles. The van der Waals surface area contributed by atoms with Gasteiger partial charge in [-0.3, -0.25) is 14.1 Å². The van der Waals surface area contributed by atoms with Gasteiger partial charge in [-0.1, -0.05) is 12.1 Å². The number of benzene rings is 1. The number of hydrogen-bond donors (Lipinski definition) is 1. The van der Waals surface area contributed by atoms with Crippen LogP contribution < -0.4 is 10.6 Å². The van der Waals surface area contributed by atoms with Gasteiger partial charge in [0.05, 0.1) is 28.2 Å². The van der Waals surface area contributed by atoms with Gasteiger partial charge in [0.25, 0.3) is 0 Å².